The summed E-state index contributed by atoms with van der Waals surface area (Å²) < 4.78 is 11.7. The Kier molecular flexibility index (Phi) is 8.28. The first-order valence-corrected chi connectivity index (χ1v) is 14.3. The monoisotopic (exact) mass is 543 g/mol. The van der Waals surface area contributed by atoms with Crippen LogP contribution in [0.1, 0.15) is 68.3 Å². The Morgan fingerprint density at radius 2 is 2.03 bits per heavy atom. The van der Waals surface area contributed by atoms with E-state index in [1.54, 1.807) is 19.1 Å². The fraction of sp³-hybridized carbons (Fsp3) is 0.481. The normalized spacial score (nSPS) is 16.2. The van der Waals surface area contributed by atoms with Crippen LogP contribution in [-0.4, -0.2) is 29.0 Å². The summed E-state index contributed by atoms with van der Waals surface area (Å²) in [6.45, 7) is 10.6. The number of fused-ring (bicyclic) bond motifs is 1. The molecule has 0 radical (unpaired) electrons. The first-order valence-electron chi connectivity index (χ1n) is 12.6. The van der Waals surface area contributed by atoms with Gasteiger partial charge in [0.15, 0.2) is 5.95 Å². The summed E-state index contributed by atoms with van der Waals surface area (Å²) in [5.41, 5.74) is 2.27. The smallest absolute Gasteiger partial charge is 0.341 e. The van der Waals surface area contributed by atoms with E-state index in [0.29, 0.717) is 28.6 Å². The Labute approximate surface area is 225 Å². The molecule has 4 rings (SSSR count). The number of nitrogens with zero attached hydrogens (tertiary/aromatic N) is 2. The van der Waals surface area contributed by atoms with Gasteiger partial charge in [-0.25, -0.2) is 4.79 Å². The summed E-state index contributed by atoms with van der Waals surface area (Å²) in [5.74, 6) is -0.807. The molecule has 0 saturated heterocycles. The van der Waals surface area contributed by atoms with Gasteiger partial charge in [0.1, 0.15) is 5.00 Å². The van der Waals surface area contributed by atoms with E-state index >= 15 is 0 Å². The van der Waals surface area contributed by atoms with Crippen LogP contribution in [0.4, 0.5) is 5.00 Å². The zero-order valence-electron chi connectivity index (χ0n) is 21.8. The molecule has 10 heteroatoms. The van der Waals surface area contributed by atoms with Gasteiger partial charge in [-0.3, -0.25) is 4.79 Å². The van der Waals surface area contributed by atoms with Crippen LogP contribution < -0.4 is 15.1 Å². The second-order valence-corrected chi connectivity index (χ2v) is 12.4. The standard InChI is InChI=1S/C27H33N3O5S2/c1-6-19(37-24-26(33)35-29-30(24)17-11-9-8-10-12-17)22(31)28-23-21(25(32)34-7-2)18-14-13-16(27(3,4)5)15-20(18)36-23/h8-12,16,19H,6-7,13-15H2,1-5H3,(H-,28,29,31,32,33). The number of thiophene rings is 1. The number of carbonyl (C=O) groups excluding carboxylic acids is 2. The summed E-state index contributed by atoms with van der Waals surface area (Å²) in [4.78, 5) is 27.6. The number of anilines is 1. The van der Waals surface area contributed by atoms with Crippen molar-refractivity contribution in [1.82, 2.24) is 5.27 Å². The van der Waals surface area contributed by atoms with E-state index in [9.17, 15) is 14.7 Å². The van der Waals surface area contributed by atoms with Gasteiger partial charge >= 0.3 is 5.97 Å². The lowest BCUT2D eigenvalue weighted by Crippen LogP contribution is -2.36. The van der Waals surface area contributed by atoms with Crippen LogP contribution in [0.2, 0.25) is 0 Å². The molecule has 1 aliphatic carbocycles. The van der Waals surface area contributed by atoms with E-state index in [2.05, 4.69) is 31.4 Å². The van der Waals surface area contributed by atoms with Gasteiger partial charge in [-0.15, -0.1) is 11.3 Å². The van der Waals surface area contributed by atoms with E-state index in [-0.39, 0.29) is 23.0 Å². The van der Waals surface area contributed by atoms with Gasteiger partial charge in [0.25, 0.3) is 5.03 Å². The number of rotatable bonds is 8. The van der Waals surface area contributed by atoms with Crippen LogP contribution in [0, 0.1) is 11.3 Å². The fourth-order valence-corrected chi connectivity index (χ4v) is 6.85. The molecule has 0 aliphatic heterocycles. The number of thioether (sulfide) groups is 1. The number of para-hydroxylation sites is 1. The summed E-state index contributed by atoms with van der Waals surface area (Å²) >= 11 is 2.57. The highest BCUT2D eigenvalue weighted by Gasteiger charge is 2.35. The number of amides is 1. The summed E-state index contributed by atoms with van der Waals surface area (Å²) in [7, 11) is 0. The molecule has 2 unspecified atom stereocenters. The first kappa shape index (κ1) is 27.2. The zero-order valence-corrected chi connectivity index (χ0v) is 23.5. The molecular weight excluding hydrogens is 510 g/mol. The molecule has 8 nitrogen and oxygen atoms in total. The van der Waals surface area contributed by atoms with E-state index in [4.69, 9.17) is 9.26 Å². The van der Waals surface area contributed by atoms with Crippen molar-refractivity contribution in [2.24, 2.45) is 11.3 Å². The number of esters is 1. The minimum Gasteiger partial charge on any atom is -0.538 e. The Bertz CT molecular complexity index is 1260. The molecule has 0 spiro atoms. The number of benzene rings is 1. The Hall–Kier alpha value is -2.85. The van der Waals surface area contributed by atoms with Gasteiger partial charge in [-0.2, -0.15) is 0 Å². The third-order valence-corrected chi connectivity index (χ3v) is 9.26. The maximum Gasteiger partial charge on any atom is 0.341 e. The highest BCUT2D eigenvalue weighted by Crippen LogP contribution is 2.45. The SMILES string of the molecule is CCOC(=O)c1c(NC(=O)C(CC)Sc2c([O-])on[n+]2-c2ccccc2)sc2c1CCC(C(C)(C)C)C2. The molecule has 1 amide bonds. The van der Waals surface area contributed by atoms with Gasteiger partial charge in [0, 0.05) is 17.0 Å². The average molecular weight is 544 g/mol. The molecule has 3 aromatic rings. The second-order valence-electron chi connectivity index (χ2n) is 10.2. The number of hydrogen-bond donors (Lipinski definition) is 1. The predicted molar refractivity (Wildman–Crippen MR) is 141 cm³/mol. The largest absolute Gasteiger partial charge is 0.538 e. The molecule has 2 heterocycles. The highest BCUT2D eigenvalue weighted by atomic mass is 32.2. The number of carbonyl (C=O) groups is 2. The summed E-state index contributed by atoms with van der Waals surface area (Å²) in [5, 5.41) is 19.4. The lowest BCUT2D eigenvalue weighted by Gasteiger charge is -2.33. The van der Waals surface area contributed by atoms with Crippen molar-refractivity contribution in [2.45, 2.75) is 70.6 Å². The van der Waals surface area contributed by atoms with Crippen molar-refractivity contribution < 1.29 is 28.6 Å². The molecule has 37 heavy (non-hydrogen) atoms. The van der Waals surface area contributed by atoms with E-state index < -0.39 is 17.2 Å². The molecule has 1 aromatic carbocycles. The van der Waals surface area contributed by atoms with Crippen LogP contribution in [0.15, 0.2) is 39.9 Å². The van der Waals surface area contributed by atoms with Crippen LogP contribution in [0.3, 0.4) is 0 Å². The quantitative estimate of drug-likeness (QED) is 0.244. The minimum absolute atomic E-state index is 0.155. The number of hydrogen-bond acceptors (Lipinski definition) is 8. The molecule has 0 saturated carbocycles. The first-order chi connectivity index (χ1) is 17.6. The number of aromatic nitrogens is 2. The van der Waals surface area contributed by atoms with Crippen LogP contribution >= 0.6 is 23.1 Å². The Morgan fingerprint density at radius 1 is 1.30 bits per heavy atom. The molecule has 0 fully saturated rings. The van der Waals surface area contributed by atoms with Crippen LogP contribution in [-0.2, 0) is 22.4 Å². The van der Waals surface area contributed by atoms with Crippen LogP contribution in [0.5, 0.6) is 5.95 Å². The molecule has 1 aliphatic rings. The van der Waals surface area contributed by atoms with Gasteiger partial charge in [0.05, 0.1) is 22.7 Å². The minimum atomic E-state index is -0.605. The molecule has 198 valence electrons. The molecule has 2 atom stereocenters. The lowest BCUT2D eigenvalue weighted by atomic mass is 9.72. The summed E-state index contributed by atoms with van der Waals surface area (Å²) in [6, 6.07) is 9.14. The number of ether oxygens (including phenoxy) is 1. The van der Waals surface area contributed by atoms with Gasteiger partial charge in [-0.1, -0.05) is 45.9 Å². The highest BCUT2D eigenvalue weighted by molar-refractivity contribution is 8.00. The van der Waals surface area contributed by atoms with Crippen molar-refractivity contribution in [2.75, 3.05) is 11.9 Å². The number of nitrogens with one attached hydrogen (secondary N) is 1. The zero-order chi connectivity index (χ0) is 26.7. The van der Waals surface area contributed by atoms with Crippen molar-refractivity contribution >= 4 is 40.0 Å². The molecular formula is C27H33N3O5S2. The fourth-order valence-electron chi connectivity index (χ4n) is 4.55. The maximum atomic E-state index is 13.5. The van der Waals surface area contributed by atoms with Gasteiger partial charge < -0.3 is 19.7 Å². The van der Waals surface area contributed by atoms with Crippen molar-refractivity contribution in [3.05, 3.63) is 46.3 Å². The topological polar surface area (TPSA) is 108 Å². The lowest BCUT2D eigenvalue weighted by molar-refractivity contribution is -0.705. The molecule has 1 N–H and O–H groups in total. The second kappa shape index (κ2) is 11.3. The molecule has 2 aromatic heterocycles. The van der Waals surface area contributed by atoms with E-state index in [0.717, 1.165) is 41.5 Å². The van der Waals surface area contributed by atoms with Crippen LogP contribution in [0.25, 0.3) is 5.69 Å². The third kappa shape index (κ3) is 5.85. The van der Waals surface area contributed by atoms with Crippen molar-refractivity contribution in [3.8, 4) is 11.6 Å². The Balaban J connectivity index is 1.60. The van der Waals surface area contributed by atoms with E-state index in [1.165, 1.54) is 16.0 Å². The average Bonchev–Trinajstić information content (AvgIpc) is 3.41. The molecule has 0 bridgehead atoms. The maximum absolute atomic E-state index is 13.5. The van der Waals surface area contributed by atoms with Gasteiger partial charge in [-0.05, 0) is 65.9 Å². The predicted octanol–water partition coefficient (Wildman–Crippen LogP) is 4.92. The third-order valence-electron chi connectivity index (χ3n) is 6.70. The van der Waals surface area contributed by atoms with Crippen molar-refractivity contribution in [3.63, 3.8) is 0 Å². The van der Waals surface area contributed by atoms with E-state index in [1.807, 2.05) is 25.1 Å². The van der Waals surface area contributed by atoms with Gasteiger partial charge in [0.2, 0.25) is 11.6 Å². The Morgan fingerprint density at radius 3 is 2.68 bits per heavy atom. The summed E-state index contributed by atoms with van der Waals surface area (Å²) in [6.07, 6.45) is 3.09. The van der Waals surface area contributed by atoms with Crippen molar-refractivity contribution in [1.29, 1.82) is 0 Å².